The van der Waals surface area contributed by atoms with Crippen LogP contribution in [0.5, 0.6) is 11.5 Å². The molecule has 0 radical (unpaired) electrons. The number of carbonyl (C=O) groups excluding carboxylic acids is 1. The van der Waals surface area contributed by atoms with Gasteiger partial charge in [-0.2, -0.15) is 0 Å². The minimum atomic E-state index is -1.63. The summed E-state index contributed by atoms with van der Waals surface area (Å²) in [7, 11) is 0. The third-order valence-corrected chi connectivity index (χ3v) is 2.21. The highest BCUT2D eigenvalue weighted by Crippen LogP contribution is 2.21. The molecule has 1 aromatic rings. The van der Waals surface area contributed by atoms with Gasteiger partial charge in [0.25, 0.3) is 5.91 Å². The van der Waals surface area contributed by atoms with Gasteiger partial charge < -0.3 is 25.7 Å². The molecule has 1 rings (SSSR count). The van der Waals surface area contributed by atoms with Gasteiger partial charge >= 0.3 is 11.9 Å². The molecule has 5 N–H and O–H groups in total. The van der Waals surface area contributed by atoms with E-state index in [9.17, 15) is 24.6 Å². The fourth-order valence-corrected chi connectivity index (χ4v) is 1.32. The monoisotopic (exact) mass is 269 g/mol. The van der Waals surface area contributed by atoms with Crippen LogP contribution in [0.15, 0.2) is 18.2 Å². The number of aliphatic carboxylic acids is 2. The topological polar surface area (TPSA) is 144 Å². The Labute approximate surface area is 106 Å². The third-order valence-electron chi connectivity index (χ3n) is 2.21. The van der Waals surface area contributed by atoms with Crippen LogP contribution in [0, 0.1) is 0 Å². The molecule has 102 valence electrons. The van der Waals surface area contributed by atoms with Crippen LogP contribution in [0.2, 0.25) is 0 Å². The Bertz CT molecular complexity index is 526. The summed E-state index contributed by atoms with van der Waals surface area (Å²) >= 11 is 0. The van der Waals surface area contributed by atoms with Crippen LogP contribution in [0.4, 0.5) is 0 Å². The van der Waals surface area contributed by atoms with Crippen molar-refractivity contribution in [1.29, 1.82) is 0 Å². The molecule has 0 spiro atoms. The van der Waals surface area contributed by atoms with E-state index in [2.05, 4.69) is 0 Å². The third kappa shape index (κ3) is 3.87. The van der Waals surface area contributed by atoms with E-state index >= 15 is 0 Å². The molecule has 0 fully saturated rings. The molecule has 0 aliphatic carbocycles. The van der Waals surface area contributed by atoms with Gasteiger partial charge in [-0.1, -0.05) is 0 Å². The van der Waals surface area contributed by atoms with Gasteiger partial charge in [-0.3, -0.25) is 9.59 Å². The molecular weight excluding hydrogens is 258 g/mol. The lowest BCUT2D eigenvalue weighted by molar-refractivity contribution is -0.145. The SMILES string of the molecule is O=C(O)CC(NC(=O)c1cc(O)ccc1O)C(=O)O. The number of carboxylic acid groups (broad SMARTS) is 2. The van der Waals surface area contributed by atoms with Gasteiger partial charge in [-0.25, -0.2) is 4.79 Å². The zero-order chi connectivity index (χ0) is 14.6. The molecule has 19 heavy (non-hydrogen) atoms. The standard InChI is InChI=1S/C11H11NO7/c13-5-1-2-8(14)6(3-5)10(17)12-7(11(18)19)4-9(15)16/h1-3,7,13-14H,4H2,(H,12,17)(H,15,16)(H,18,19). The maximum atomic E-state index is 11.7. The smallest absolute Gasteiger partial charge is 0.326 e. The van der Waals surface area contributed by atoms with E-state index in [1.165, 1.54) is 0 Å². The molecule has 0 heterocycles. The molecule has 1 amide bonds. The molecule has 1 atom stereocenters. The first kappa shape index (κ1) is 14.3. The first-order chi connectivity index (χ1) is 8.81. The van der Waals surface area contributed by atoms with Crippen LogP contribution in [-0.4, -0.2) is 44.3 Å². The fourth-order valence-electron chi connectivity index (χ4n) is 1.32. The van der Waals surface area contributed by atoms with E-state index in [0.29, 0.717) is 0 Å². The van der Waals surface area contributed by atoms with Crippen LogP contribution in [0.1, 0.15) is 16.8 Å². The van der Waals surface area contributed by atoms with Crippen molar-refractivity contribution in [2.45, 2.75) is 12.5 Å². The summed E-state index contributed by atoms with van der Waals surface area (Å²) in [4.78, 5) is 32.9. The number of phenolic OH excluding ortho intramolecular Hbond substituents is 2. The summed E-state index contributed by atoms with van der Waals surface area (Å²) in [5.41, 5.74) is -0.350. The van der Waals surface area contributed by atoms with Crippen LogP contribution in [0.3, 0.4) is 0 Å². The van der Waals surface area contributed by atoms with Gasteiger partial charge in [-0.15, -0.1) is 0 Å². The van der Waals surface area contributed by atoms with Crippen molar-refractivity contribution in [3.8, 4) is 11.5 Å². The molecule has 1 unspecified atom stereocenters. The summed E-state index contributed by atoms with van der Waals surface area (Å²) in [5, 5.41) is 37.8. The first-order valence-corrected chi connectivity index (χ1v) is 5.08. The zero-order valence-corrected chi connectivity index (χ0v) is 9.53. The number of phenols is 2. The van der Waals surface area contributed by atoms with Crippen molar-refractivity contribution >= 4 is 17.8 Å². The minimum Gasteiger partial charge on any atom is -0.508 e. The number of benzene rings is 1. The number of rotatable bonds is 5. The Morgan fingerprint density at radius 2 is 1.79 bits per heavy atom. The Morgan fingerprint density at radius 3 is 2.32 bits per heavy atom. The van der Waals surface area contributed by atoms with Gasteiger partial charge in [0.05, 0.1) is 12.0 Å². The highest BCUT2D eigenvalue weighted by Gasteiger charge is 2.24. The van der Waals surface area contributed by atoms with Crippen LogP contribution < -0.4 is 5.32 Å². The predicted molar refractivity (Wildman–Crippen MR) is 60.9 cm³/mol. The highest BCUT2D eigenvalue weighted by molar-refractivity contribution is 5.99. The van der Waals surface area contributed by atoms with Crippen molar-refractivity contribution < 1.29 is 34.8 Å². The molecule has 0 aliphatic heterocycles. The van der Waals surface area contributed by atoms with Crippen molar-refractivity contribution in [2.24, 2.45) is 0 Å². The summed E-state index contributed by atoms with van der Waals surface area (Å²) in [6.07, 6.45) is -0.805. The van der Waals surface area contributed by atoms with Gasteiger partial charge in [0, 0.05) is 0 Å². The molecule has 0 aliphatic rings. The van der Waals surface area contributed by atoms with Gasteiger partial charge in [-0.05, 0) is 18.2 Å². The normalized spacial score (nSPS) is 11.6. The second kappa shape index (κ2) is 5.71. The lowest BCUT2D eigenvalue weighted by atomic mass is 10.1. The van der Waals surface area contributed by atoms with E-state index < -0.39 is 36.1 Å². The van der Waals surface area contributed by atoms with Gasteiger partial charge in [0.2, 0.25) is 0 Å². The number of amides is 1. The summed E-state index contributed by atoms with van der Waals surface area (Å²) in [5.74, 6) is -4.67. The highest BCUT2D eigenvalue weighted by atomic mass is 16.4. The van der Waals surface area contributed by atoms with Crippen molar-refractivity contribution in [1.82, 2.24) is 5.32 Å². The molecular formula is C11H11NO7. The lowest BCUT2D eigenvalue weighted by Crippen LogP contribution is -2.42. The molecule has 0 bridgehead atoms. The van der Waals surface area contributed by atoms with E-state index in [1.807, 2.05) is 5.32 Å². The Kier molecular flexibility index (Phi) is 4.30. The number of carboxylic acids is 2. The number of carbonyl (C=O) groups is 3. The van der Waals surface area contributed by atoms with Crippen LogP contribution in [-0.2, 0) is 9.59 Å². The average molecular weight is 269 g/mol. The number of hydrogen-bond acceptors (Lipinski definition) is 5. The number of hydrogen-bond donors (Lipinski definition) is 5. The molecule has 0 aromatic heterocycles. The molecule has 1 aromatic carbocycles. The second-order valence-corrected chi connectivity index (χ2v) is 3.66. The Balaban J connectivity index is 2.90. The Morgan fingerprint density at radius 1 is 1.16 bits per heavy atom. The van der Waals surface area contributed by atoms with Crippen LogP contribution >= 0.6 is 0 Å². The van der Waals surface area contributed by atoms with Crippen molar-refractivity contribution in [2.75, 3.05) is 0 Å². The number of nitrogens with one attached hydrogen (secondary N) is 1. The molecule has 0 saturated carbocycles. The maximum Gasteiger partial charge on any atom is 0.326 e. The summed E-state index contributed by atoms with van der Waals surface area (Å²) in [6, 6.07) is 1.49. The van der Waals surface area contributed by atoms with E-state index in [-0.39, 0.29) is 11.3 Å². The quantitative estimate of drug-likeness (QED) is 0.464. The van der Waals surface area contributed by atoms with E-state index in [1.54, 1.807) is 0 Å². The predicted octanol–water partition coefficient (Wildman–Crippen LogP) is -0.245. The largest absolute Gasteiger partial charge is 0.508 e. The van der Waals surface area contributed by atoms with Crippen LogP contribution in [0.25, 0.3) is 0 Å². The summed E-state index contributed by atoms with van der Waals surface area (Å²) < 4.78 is 0. The lowest BCUT2D eigenvalue weighted by Gasteiger charge is -2.13. The maximum absolute atomic E-state index is 11.7. The average Bonchev–Trinajstić information content (AvgIpc) is 2.30. The van der Waals surface area contributed by atoms with Gasteiger partial charge in [0.15, 0.2) is 0 Å². The van der Waals surface area contributed by atoms with E-state index in [0.717, 1.165) is 18.2 Å². The first-order valence-electron chi connectivity index (χ1n) is 5.08. The number of aromatic hydroxyl groups is 2. The Hall–Kier alpha value is -2.77. The zero-order valence-electron chi connectivity index (χ0n) is 9.53. The van der Waals surface area contributed by atoms with E-state index in [4.69, 9.17) is 10.2 Å². The molecule has 8 heteroatoms. The minimum absolute atomic E-state index is 0.298. The molecule has 8 nitrogen and oxygen atoms in total. The van der Waals surface area contributed by atoms with Crippen molar-refractivity contribution in [3.05, 3.63) is 23.8 Å². The molecule has 0 saturated heterocycles. The summed E-state index contributed by atoms with van der Waals surface area (Å²) in [6.45, 7) is 0. The van der Waals surface area contributed by atoms with Crippen molar-refractivity contribution in [3.63, 3.8) is 0 Å². The fraction of sp³-hybridized carbons (Fsp3) is 0.182. The second-order valence-electron chi connectivity index (χ2n) is 3.66. The van der Waals surface area contributed by atoms with Gasteiger partial charge in [0.1, 0.15) is 17.5 Å².